The number of aryl methyl sites for hydroxylation is 1. The molecule has 12 heavy (non-hydrogen) atoms. The van der Waals surface area contributed by atoms with E-state index in [1.807, 2.05) is 13.0 Å². The van der Waals surface area contributed by atoms with Crippen molar-refractivity contribution in [3.8, 4) is 11.5 Å². The first-order valence-electron chi connectivity index (χ1n) is 3.54. The summed E-state index contributed by atoms with van der Waals surface area (Å²) < 4.78 is 10.1. The normalized spacial score (nSPS) is 10.4. The summed E-state index contributed by atoms with van der Waals surface area (Å²) in [4.78, 5) is 0. The molecule has 2 N–H and O–H groups in total. The first-order chi connectivity index (χ1) is 5.77. The molecule has 0 saturated heterocycles. The van der Waals surface area contributed by atoms with Gasteiger partial charge in [0.25, 0.3) is 0 Å². The number of aromatic nitrogens is 1. The first-order valence-corrected chi connectivity index (χ1v) is 3.54. The maximum absolute atomic E-state index is 5.39. The Balaban J connectivity index is 2.50. The lowest BCUT2D eigenvalue weighted by Crippen LogP contribution is -1.79. The van der Waals surface area contributed by atoms with E-state index in [1.54, 1.807) is 12.3 Å². The van der Waals surface area contributed by atoms with Gasteiger partial charge in [-0.2, -0.15) is 0 Å². The van der Waals surface area contributed by atoms with Crippen molar-refractivity contribution in [2.24, 2.45) is 0 Å². The smallest absolute Gasteiger partial charge is 0.204 e. The Labute approximate surface area is 69.0 Å². The topological polar surface area (TPSA) is 65.2 Å². The monoisotopic (exact) mass is 164 g/mol. The van der Waals surface area contributed by atoms with Crippen molar-refractivity contribution in [3.63, 3.8) is 0 Å². The average Bonchev–Trinajstić information content (AvgIpc) is 2.58. The molecule has 0 amide bonds. The Hall–Kier alpha value is -1.71. The molecule has 0 unspecified atom stereocenters. The van der Waals surface area contributed by atoms with Crippen LogP contribution < -0.4 is 5.73 Å². The van der Waals surface area contributed by atoms with Crippen LogP contribution in [-0.4, -0.2) is 5.16 Å². The van der Waals surface area contributed by atoms with Gasteiger partial charge in [-0.05, 0) is 18.6 Å². The number of furan rings is 1. The van der Waals surface area contributed by atoms with Gasteiger partial charge in [0, 0.05) is 6.07 Å². The van der Waals surface area contributed by atoms with Gasteiger partial charge in [-0.25, -0.2) is 0 Å². The van der Waals surface area contributed by atoms with E-state index in [-0.39, 0.29) is 0 Å². The summed E-state index contributed by atoms with van der Waals surface area (Å²) in [6, 6.07) is 3.49. The van der Waals surface area contributed by atoms with Gasteiger partial charge in [0.1, 0.15) is 0 Å². The Kier molecular flexibility index (Phi) is 1.40. The summed E-state index contributed by atoms with van der Waals surface area (Å²) in [6.07, 6.45) is 1.60. The average molecular weight is 164 g/mol. The summed E-state index contributed by atoms with van der Waals surface area (Å²) >= 11 is 0. The summed E-state index contributed by atoms with van der Waals surface area (Å²) in [5, 5.41) is 3.56. The van der Waals surface area contributed by atoms with Crippen LogP contribution in [0.4, 0.5) is 5.82 Å². The molecule has 0 radical (unpaired) electrons. The van der Waals surface area contributed by atoms with Gasteiger partial charge in [0.05, 0.1) is 6.26 Å². The molecule has 0 spiro atoms. The molecule has 0 aromatic carbocycles. The van der Waals surface area contributed by atoms with Crippen LogP contribution in [0.3, 0.4) is 0 Å². The molecule has 0 bridgehead atoms. The van der Waals surface area contributed by atoms with Crippen molar-refractivity contribution < 1.29 is 8.94 Å². The minimum atomic E-state index is 0.362. The molecular weight excluding hydrogens is 156 g/mol. The molecule has 2 aromatic heterocycles. The van der Waals surface area contributed by atoms with Gasteiger partial charge in [-0.3, -0.25) is 0 Å². The molecule has 2 rings (SSSR count). The summed E-state index contributed by atoms with van der Waals surface area (Å²) in [5.41, 5.74) is 6.39. The second kappa shape index (κ2) is 2.41. The predicted molar refractivity (Wildman–Crippen MR) is 43.4 cm³/mol. The van der Waals surface area contributed by atoms with E-state index in [4.69, 9.17) is 14.7 Å². The number of nitrogens with zero attached hydrogens (tertiary/aromatic N) is 1. The lowest BCUT2D eigenvalue weighted by molar-refractivity contribution is 0.420. The molecular formula is C8H8N2O2. The molecule has 0 saturated carbocycles. The maximum atomic E-state index is 5.39. The molecule has 4 heteroatoms. The molecule has 2 heterocycles. The van der Waals surface area contributed by atoms with Gasteiger partial charge in [0.15, 0.2) is 11.6 Å². The fourth-order valence-corrected chi connectivity index (χ4v) is 1.02. The van der Waals surface area contributed by atoms with Crippen LogP contribution in [0.1, 0.15) is 5.56 Å². The minimum absolute atomic E-state index is 0.362. The highest BCUT2D eigenvalue weighted by Crippen LogP contribution is 2.25. The molecule has 62 valence electrons. The summed E-state index contributed by atoms with van der Waals surface area (Å²) in [5.74, 6) is 1.61. The standard InChI is InChI=1S/C8H8N2O2/c1-5-2-3-11-8(5)6-4-7(9)10-12-6/h2-4H,1H3,(H2,9,10). The van der Waals surface area contributed by atoms with Crippen molar-refractivity contribution in [3.05, 3.63) is 24.0 Å². The van der Waals surface area contributed by atoms with Crippen molar-refractivity contribution in [1.29, 1.82) is 0 Å². The van der Waals surface area contributed by atoms with E-state index in [1.165, 1.54) is 0 Å². The van der Waals surface area contributed by atoms with Gasteiger partial charge < -0.3 is 14.7 Å². The van der Waals surface area contributed by atoms with Crippen LogP contribution in [0.25, 0.3) is 11.5 Å². The number of hydrogen-bond acceptors (Lipinski definition) is 4. The molecule has 0 aliphatic carbocycles. The maximum Gasteiger partial charge on any atom is 0.204 e. The Bertz CT molecular complexity index is 389. The van der Waals surface area contributed by atoms with Gasteiger partial charge in [-0.1, -0.05) is 5.16 Å². The molecule has 0 aliphatic heterocycles. The second-order valence-electron chi connectivity index (χ2n) is 2.55. The van der Waals surface area contributed by atoms with Gasteiger partial charge >= 0.3 is 0 Å². The Morgan fingerprint density at radius 1 is 1.50 bits per heavy atom. The summed E-state index contributed by atoms with van der Waals surface area (Å²) in [6.45, 7) is 1.93. The fourth-order valence-electron chi connectivity index (χ4n) is 1.02. The van der Waals surface area contributed by atoms with Gasteiger partial charge in [0.2, 0.25) is 5.76 Å². The highest BCUT2D eigenvalue weighted by Gasteiger charge is 2.10. The van der Waals surface area contributed by atoms with Crippen LogP contribution >= 0.6 is 0 Å². The lowest BCUT2D eigenvalue weighted by Gasteiger charge is -1.88. The third kappa shape index (κ3) is 0.972. The van der Waals surface area contributed by atoms with E-state index in [9.17, 15) is 0 Å². The number of nitrogen functional groups attached to an aromatic ring is 1. The van der Waals surface area contributed by atoms with Crippen LogP contribution in [0.5, 0.6) is 0 Å². The first kappa shape index (κ1) is 6.97. The fraction of sp³-hybridized carbons (Fsp3) is 0.125. The largest absolute Gasteiger partial charge is 0.461 e. The van der Waals surface area contributed by atoms with Crippen molar-refractivity contribution >= 4 is 5.82 Å². The number of rotatable bonds is 1. The number of nitrogens with two attached hydrogens (primary N) is 1. The van der Waals surface area contributed by atoms with Crippen LogP contribution in [0.15, 0.2) is 27.3 Å². The Morgan fingerprint density at radius 2 is 2.33 bits per heavy atom. The molecule has 0 atom stereocenters. The van der Waals surface area contributed by atoms with Crippen molar-refractivity contribution in [2.45, 2.75) is 6.92 Å². The highest BCUT2D eigenvalue weighted by molar-refractivity contribution is 5.57. The quantitative estimate of drug-likeness (QED) is 0.698. The molecule has 0 fully saturated rings. The van der Waals surface area contributed by atoms with Crippen molar-refractivity contribution in [1.82, 2.24) is 5.16 Å². The predicted octanol–water partition coefficient (Wildman–Crippen LogP) is 1.83. The van der Waals surface area contributed by atoms with E-state index in [0.29, 0.717) is 17.3 Å². The Morgan fingerprint density at radius 3 is 2.83 bits per heavy atom. The zero-order chi connectivity index (χ0) is 8.55. The summed E-state index contributed by atoms with van der Waals surface area (Å²) in [7, 11) is 0. The van der Waals surface area contributed by atoms with Crippen molar-refractivity contribution in [2.75, 3.05) is 5.73 Å². The highest BCUT2D eigenvalue weighted by atomic mass is 16.5. The van der Waals surface area contributed by atoms with E-state index < -0.39 is 0 Å². The second-order valence-corrected chi connectivity index (χ2v) is 2.55. The number of anilines is 1. The van der Waals surface area contributed by atoms with Crippen LogP contribution in [-0.2, 0) is 0 Å². The zero-order valence-corrected chi connectivity index (χ0v) is 6.57. The third-order valence-electron chi connectivity index (χ3n) is 1.61. The molecule has 0 aliphatic rings. The minimum Gasteiger partial charge on any atom is -0.461 e. The SMILES string of the molecule is Cc1ccoc1-c1cc(N)no1. The van der Waals surface area contributed by atoms with E-state index in [2.05, 4.69) is 5.16 Å². The lowest BCUT2D eigenvalue weighted by atomic mass is 10.2. The number of hydrogen-bond donors (Lipinski definition) is 1. The molecule has 2 aromatic rings. The van der Waals surface area contributed by atoms with Crippen LogP contribution in [0, 0.1) is 6.92 Å². The van der Waals surface area contributed by atoms with E-state index in [0.717, 1.165) is 5.56 Å². The zero-order valence-electron chi connectivity index (χ0n) is 6.57. The van der Waals surface area contributed by atoms with Gasteiger partial charge in [-0.15, -0.1) is 0 Å². The van der Waals surface area contributed by atoms with Crippen LogP contribution in [0.2, 0.25) is 0 Å². The molecule has 4 nitrogen and oxygen atoms in total. The third-order valence-corrected chi connectivity index (χ3v) is 1.61. The van der Waals surface area contributed by atoms with E-state index >= 15 is 0 Å².